The Kier molecular flexibility index (Phi) is 6.00. The van der Waals surface area contributed by atoms with Crippen molar-refractivity contribution in [3.8, 4) is 11.1 Å². The molecule has 2 aromatic rings. The first-order chi connectivity index (χ1) is 16.5. The van der Waals surface area contributed by atoms with E-state index >= 15 is 0 Å². The lowest BCUT2D eigenvalue weighted by Crippen LogP contribution is -2.45. The number of hydrogen-bond acceptors (Lipinski definition) is 5. The number of carbonyl (C=O) groups excluding carboxylic acids is 2. The standard InChI is InChI=1S/C26H28N2O6/c29-23(28-14-17-11-13-34-26(17,16-28)24(30)31)10-5-12-27-25(32)33-15-22-20-8-3-1-6-18(20)19-7-2-4-9-21(19)22/h1-4,6-9,17,22H,5,10-16H2,(H,27,32)(H,30,31). The van der Waals surface area contributed by atoms with Gasteiger partial charge in [0.25, 0.3) is 0 Å². The number of carboxylic acids is 1. The predicted octanol–water partition coefficient (Wildman–Crippen LogP) is 3.01. The fourth-order valence-corrected chi connectivity index (χ4v) is 5.49. The average molecular weight is 465 g/mol. The molecule has 2 amide bonds. The molecule has 0 radical (unpaired) electrons. The van der Waals surface area contributed by atoms with Crippen LogP contribution in [0.1, 0.15) is 36.3 Å². The Morgan fingerprint density at radius 3 is 2.41 bits per heavy atom. The molecule has 8 heteroatoms. The lowest BCUT2D eigenvalue weighted by molar-refractivity contribution is -0.161. The molecular formula is C26H28N2O6. The van der Waals surface area contributed by atoms with Gasteiger partial charge < -0.3 is 24.8 Å². The first-order valence-electron chi connectivity index (χ1n) is 11.7. The van der Waals surface area contributed by atoms with Gasteiger partial charge in [-0.15, -0.1) is 0 Å². The highest BCUT2D eigenvalue weighted by Gasteiger charge is 2.57. The van der Waals surface area contributed by atoms with Crippen LogP contribution in [-0.4, -0.2) is 66.4 Å². The van der Waals surface area contributed by atoms with E-state index in [-0.39, 0.29) is 37.3 Å². The van der Waals surface area contributed by atoms with Gasteiger partial charge in [0, 0.05) is 38.0 Å². The summed E-state index contributed by atoms with van der Waals surface area (Å²) in [6.07, 6.45) is 0.819. The summed E-state index contributed by atoms with van der Waals surface area (Å²) in [7, 11) is 0. The van der Waals surface area contributed by atoms with E-state index < -0.39 is 17.7 Å². The Bertz CT molecular complexity index is 1070. The van der Waals surface area contributed by atoms with E-state index in [1.54, 1.807) is 4.90 Å². The number of ether oxygens (including phenoxy) is 2. The number of benzene rings is 2. The van der Waals surface area contributed by atoms with Gasteiger partial charge in [0.05, 0.1) is 6.54 Å². The largest absolute Gasteiger partial charge is 0.479 e. The number of aliphatic carboxylic acids is 1. The SMILES string of the molecule is O=C(NCCCC(=O)N1CC2CCOC2(C(=O)O)C1)OCC1c2ccccc2-c2ccccc21. The molecule has 2 N–H and O–H groups in total. The average Bonchev–Trinajstić information content (AvgIpc) is 3.50. The zero-order valence-electron chi connectivity index (χ0n) is 18.9. The van der Waals surface area contributed by atoms with Crippen molar-refractivity contribution in [3.05, 3.63) is 59.7 Å². The molecule has 0 aromatic heterocycles. The highest BCUT2D eigenvalue weighted by molar-refractivity contribution is 5.83. The fraction of sp³-hybridized carbons (Fsp3) is 0.423. The van der Waals surface area contributed by atoms with E-state index in [1.165, 1.54) is 11.1 Å². The van der Waals surface area contributed by atoms with E-state index in [4.69, 9.17) is 9.47 Å². The molecule has 3 aliphatic rings. The van der Waals surface area contributed by atoms with Gasteiger partial charge in [-0.2, -0.15) is 0 Å². The number of carbonyl (C=O) groups is 3. The second-order valence-corrected chi connectivity index (χ2v) is 9.16. The molecule has 0 spiro atoms. The highest BCUT2D eigenvalue weighted by Crippen LogP contribution is 2.44. The normalized spacial score (nSPS) is 22.7. The number of likely N-dealkylation sites (tertiary alicyclic amines) is 1. The quantitative estimate of drug-likeness (QED) is 0.611. The molecule has 5 rings (SSSR count). The van der Waals surface area contributed by atoms with Crippen molar-refractivity contribution in [2.24, 2.45) is 5.92 Å². The zero-order valence-corrected chi connectivity index (χ0v) is 18.9. The number of rotatable bonds is 7. The number of nitrogens with zero attached hydrogens (tertiary/aromatic N) is 1. The minimum atomic E-state index is -1.25. The molecular weight excluding hydrogens is 436 g/mol. The van der Waals surface area contributed by atoms with Gasteiger partial charge in [0.15, 0.2) is 5.60 Å². The summed E-state index contributed by atoms with van der Waals surface area (Å²) < 4.78 is 11.0. The number of carboxylic acid groups (broad SMARTS) is 1. The third kappa shape index (κ3) is 3.92. The second kappa shape index (κ2) is 9.10. The highest BCUT2D eigenvalue weighted by atomic mass is 16.5. The molecule has 2 saturated heterocycles. The summed E-state index contributed by atoms with van der Waals surface area (Å²) in [4.78, 5) is 38.1. The second-order valence-electron chi connectivity index (χ2n) is 9.16. The summed E-state index contributed by atoms with van der Waals surface area (Å²) in [5.74, 6) is -1.28. The minimum absolute atomic E-state index is 0.00174. The van der Waals surface area contributed by atoms with Crippen LogP contribution < -0.4 is 5.32 Å². The summed E-state index contributed by atoms with van der Waals surface area (Å²) in [5, 5.41) is 12.3. The Morgan fingerprint density at radius 2 is 1.76 bits per heavy atom. The predicted molar refractivity (Wildman–Crippen MR) is 123 cm³/mol. The lowest BCUT2D eigenvalue weighted by atomic mass is 9.91. The Labute approximate surface area is 197 Å². The van der Waals surface area contributed by atoms with Gasteiger partial charge >= 0.3 is 12.1 Å². The van der Waals surface area contributed by atoms with Crippen LogP contribution in [0.5, 0.6) is 0 Å². The molecule has 1 aliphatic carbocycles. The third-order valence-corrected chi connectivity index (χ3v) is 7.25. The van der Waals surface area contributed by atoms with Crippen molar-refractivity contribution in [1.82, 2.24) is 10.2 Å². The van der Waals surface area contributed by atoms with Gasteiger partial charge in [-0.25, -0.2) is 9.59 Å². The maximum atomic E-state index is 12.6. The summed E-state index contributed by atoms with van der Waals surface area (Å²) in [6.45, 7) is 1.46. The Balaban J connectivity index is 1.07. The number of amides is 2. The minimum Gasteiger partial charge on any atom is -0.479 e. The number of nitrogens with one attached hydrogen (secondary N) is 1. The Hall–Kier alpha value is -3.39. The van der Waals surface area contributed by atoms with Gasteiger partial charge in [0.2, 0.25) is 5.91 Å². The van der Waals surface area contributed by atoms with Crippen LogP contribution in [0.25, 0.3) is 11.1 Å². The molecule has 2 fully saturated rings. The molecule has 2 aliphatic heterocycles. The Morgan fingerprint density at radius 1 is 1.09 bits per heavy atom. The summed E-state index contributed by atoms with van der Waals surface area (Å²) in [5.41, 5.74) is 3.40. The van der Waals surface area contributed by atoms with Crippen LogP contribution in [0.4, 0.5) is 4.79 Å². The molecule has 178 valence electrons. The maximum Gasteiger partial charge on any atom is 0.407 e. The topological polar surface area (TPSA) is 105 Å². The summed E-state index contributed by atoms with van der Waals surface area (Å²) >= 11 is 0. The van der Waals surface area contributed by atoms with Crippen molar-refractivity contribution in [2.75, 3.05) is 32.8 Å². The van der Waals surface area contributed by atoms with E-state index in [0.29, 0.717) is 32.5 Å². The maximum absolute atomic E-state index is 12.6. The molecule has 2 atom stereocenters. The monoisotopic (exact) mass is 464 g/mol. The smallest absolute Gasteiger partial charge is 0.407 e. The van der Waals surface area contributed by atoms with Gasteiger partial charge in [0.1, 0.15) is 6.61 Å². The molecule has 8 nitrogen and oxygen atoms in total. The zero-order chi connectivity index (χ0) is 23.7. The van der Waals surface area contributed by atoms with E-state index in [2.05, 4.69) is 29.6 Å². The van der Waals surface area contributed by atoms with Crippen LogP contribution in [-0.2, 0) is 19.1 Å². The van der Waals surface area contributed by atoms with Crippen molar-refractivity contribution < 1.29 is 29.0 Å². The van der Waals surface area contributed by atoms with E-state index in [0.717, 1.165) is 11.1 Å². The van der Waals surface area contributed by atoms with Crippen molar-refractivity contribution in [3.63, 3.8) is 0 Å². The van der Waals surface area contributed by atoms with Gasteiger partial charge in [-0.05, 0) is 35.1 Å². The molecule has 2 aromatic carbocycles. The first kappa shape index (κ1) is 22.4. The van der Waals surface area contributed by atoms with Crippen molar-refractivity contribution in [2.45, 2.75) is 30.8 Å². The van der Waals surface area contributed by atoms with Crippen LogP contribution in [0.3, 0.4) is 0 Å². The fourth-order valence-electron chi connectivity index (χ4n) is 5.49. The molecule has 2 heterocycles. The molecule has 2 unspecified atom stereocenters. The van der Waals surface area contributed by atoms with Crippen LogP contribution in [0.15, 0.2) is 48.5 Å². The van der Waals surface area contributed by atoms with Crippen molar-refractivity contribution >= 4 is 18.0 Å². The van der Waals surface area contributed by atoms with Gasteiger partial charge in [-0.3, -0.25) is 4.79 Å². The van der Waals surface area contributed by atoms with Crippen LogP contribution in [0, 0.1) is 5.92 Å². The molecule has 34 heavy (non-hydrogen) atoms. The number of hydrogen-bond donors (Lipinski definition) is 2. The van der Waals surface area contributed by atoms with Crippen molar-refractivity contribution in [1.29, 1.82) is 0 Å². The lowest BCUT2D eigenvalue weighted by Gasteiger charge is -2.23. The first-order valence-corrected chi connectivity index (χ1v) is 11.7. The third-order valence-electron chi connectivity index (χ3n) is 7.25. The molecule has 0 saturated carbocycles. The van der Waals surface area contributed by atoms with Crippen LogP contribution in [0.2, 0.25) is 0 Å². The van der Waals surface area contributed by atoms with E-state index in [9.17, 15) is 19.5 Å². The molecule has 0 bridgehead atoms. The van der Waals surface area contributed by atoms with Crippen LogP contribution >= 0.6 is 0 Å². The van der Waals surface area contributed by atoms with Gasteiger partial charge in [-0.1, -0.05) is 48.5 Å². The number of fused-ring (bicyclic) bond motifs is 4. The number of alkyl carbamates (subject to hydrolysis) is 1. The van der Waals surface area contributed by atoms with E-state index in [1.807, 2.05) is 24.3 Å². The summed E-state index contributed by atoms with van der Waals surface area (Å²) in [6, 6.07) is 16.3.